The topological polar surface area (TPSA) is 59.9 Å². The molecule has 0 fully saturated rings. The van der Waals surface area contributed by atoms with Crippen molar-refractivity contribution in [1.29, 1.82) is 0 Å². The minimum atomic E-state index is 0.635. The van der Waals surface area contributed by atoms with E-state index in [1.807, 2.05) is 50.4 Å². The third kappa shape index (κ3) is 3.48. The van der Waals surface area contributed by atoms with Crippen LogP contribution in [0.25, 0.3) is 11.4 Å². The van der Waals surface area contributed by atoms with E-state index in [9.17, 15) is 0 Å². The Balaban J connectivity index is 1.82. The first-order valence-corrected chi connectivity index (χ1v) is 8.30. The van der Waals surface area contributed by atoms with Crippen molar-refractivity contribution in [2.75, 3.05) is 11.9 Å². The zero-order valence-electron chi connectivity index (χ0n) is 13.3. The lowest BCUT2D eigenvalue weighted by Gasteiger charge is -2.07. The smallest absolute Gasteiger partial charge is 0.188 e. The number of anilines is 2. The van der Waals surface area contributed by atoms with Crippen LogP contribution in [-0.4, -0.2) is 21.6 Å². The molecule has 3 aromatic rings. The van der Waals surface area contributed by atoms with Gasteiger partial charge in [-0.1, -0.05) is 6.07 Å². The number of aromatic nitrogens is 3. The number of hydrogen-bond donors (Lipinski definition) is 1. The molecule has 0 aliphatic heterocycles. The van der Waals surface area contributed by atoms with Gasteiger partial charge in [0.1, 0.15) is 17.3 Å². The molecule has 0 aliphatic carbocycles. The van der Waals surface area contributed by atoms with Gasteiger partial charge in [0.05, 0.1) is 18.0 Å². The predicted octanol–water partition coefficient (Wildman–Crippen LogP) is 4.36. The molecule has 0 aromatic carbocycles. The van der Waals surface area contributed by atoms with E-state index in [1.54, 1.807) is 6.20 Å². The van der Waals surface area contributed by atoms with E-state index < -0.39 is 0 Å². The SMILES string of the molecule is CCOc1ccc(-c2csc(Nc3ncccc3C)n2)nc1C. The van der Waals surface area contributed by atoms with E-state index >= 15 is 0 Å². The average molecular weight is 326 g/mol. The van der Waals surface area contributed by atoms with E-state index in [2.05, 4.69) is 20.3 Å². The van der Waals surface area contributed by atoms with Crippen LogP contribution in [0, 0.1) is 13.8 Å². The van der Waals surface area contributed by atoms with Gasteiger partial charge in [0.2, 0.25) is 0 Å². The first kappa shape index (κ1) is 15.4. The maximum absolute atomic E-state index is 5.52. The van der Waals surface area contributed by atoms with Gasteiger partial charge in [0.15, 0.2) is 5.13 Å². The van der Waals surface area contributed by atoms with Crippen molar-refractivity contribution in [3.05, 3.63) is 47.1 Å². The van der Waals surface area contributed by atoms with Crippen LogP contribution in [0.2, 0.25) is 0 Å². The fraction of sp³-hybridized carbons (Fsp3) is 0.235. The van der Waals surface area contributed by atoms with Gasteiger partial charge in [0.25, 0.3) is 0 Å². The number of hydrogen-bond acceptors (Lipinski definition) is 6. The summed E-state index contributed by atoms with van der Waals surface area (Å²) in [5, 5.41) is 6.04. The largest absolute Gasteiger partial charge is 0.492 e. The first-order chi connectivity index (χ1) is 11.2. The third-order valence-corrected chi connectivity index (χ3v) is 4.10. The van der Waals surface area contributed by atoms with Crippen molar-refractivity contribution in [1.82, 2.24) is 15.0 Å². The van der Waals surface area contributed by atoms with Crippen molar-refractivity contribution in [2.24, 2.45) is 0 Å². The quantitative estimate of drug-likeness (QED) is 0.755. The molecular weight excluding hydrogens is 308 g/mol. The van der Waals surface area contributed by atoms with Crippen molar-refractivity contribution in [3.63, 3.8) is 0 Å². The molecule has 3 heterocycles. The molecule has 118 valence electrons. The summed E-state index contributed by atoms with van der Waals surface area (Å²) < 4.78 is 5.52. The highest BCUT2D eigenvalue weighted by Gasteiger charge is 2.09. The summed E-state index contributed by atoms with van der Waals surface area (Å²) in [5.74, 6) is 1.64. The van der Waals surface area contributed by atoms with Crippen LogP contribution in [0.1, 0.15) is 18.2 Å². The summed E-state index contributed by atoms with van der Waals surface area (Å²) in [7, 11) is 0. The first-order valence-electron chi connectivity index (χ1n) is 7.42. The molecule has 6 heteroatoms. The van der Waals surface area contributed by atoms with E-state index in [1.165, 1.54) is 11.3 Å². The van der Waals surface area contributed by atoms with Gasteiger partial charge in [-0.05, 0) is 44.5 Å². The Labute approximate surface area is 139 Å². The Hall–Kier alpha value is -2.47. The fourth-order valence-electron chi connectivity index (χ4n) is 2.17. The molecular formula is C17H18N4OS. The number of aryl methyl sites for hydroxylation is 2. The number of nitrogens with zero attached hydrogens (tertiary/aromatic N) is 3. The molecule has 0 radical (unpaired) electrons. The second kappa shape index (κ2) is 6.75. The second-order valence-electron chi connectivity index (χ2n) is 5.04. The highest BCUT2D eigenvalue weighted by molar-refractivity contribution is 7.14. The maximum Gasteiger partial charge on any atom is 0.188 e. The van der Waals surface area contributed by atoms with Crippen LogP contribution < -0.4 is 10.1 Å². The summed E-state index contributed by atoms with van der Waals surface area (Å²) >= 11 is 1.53. The molecule has 3 aromatic heterocycles. The maximum atomic E-state index is 5.52. The summed E-state index contributed by atoms with van der Waals surface area (Å²) in [4.78, 5) is 13.5. The van der Waals surface area contributed by atoms with Crippen molar-refractivity contribution in [3.8, 4) is 17.1 Å². The average Bonchev–Trinajstić information content (AvgIpc) is 3.00. The lowest BCUT2D eigenvalue weighted by atomic mass is 10.2. The van der Waals surface area contributed by atoms with Gasteiger partial charge in [0, 0.05) is 11.6 Å². The van der Waals surface area contributed by atoms with Gasteiger partial charge in [-0.25, -0.2) is 15.0 Å². The molecule has 1 N–H and O–H groups in total. The normalized spacial score (nSPS) is 10.6. The van der Waals surface area contributed by atoms with Gasteiger partial charge in [-0.3, -0.25) is 0 Å². The monoisotopic (exact) mass is 326 g/mol. The predicted molar refractivity (Wildman–Crippen MR) is 93.5 cm³/mol. The molecule has 0 atom stereocenters. The minimum absolute atomic E-state index is 0.635. The number of thiazole rings is 1. The Bertz CT molecular complexity index is 816. The summed E-state index contributed by atoms with van der Waals surface area (Å²) in [5.41, 5.74) is 3.64. The molecule has 0 amide bonds. The highest BCUT2D eigenvalue weighted by atomic mass is 32.1. The van der Waals surface area contributed by atoms with Crippen LogP contribution in [-0.2, 0) is 0 Å². The molecule has 0 aliphatic rings. The molecule has 0 bridgehead atoms. The Kier molecular flexibility index (Phi) is 4.52. The number of nitrogens with one attached hydrogen (secondary N) is 1. The van der Waals surface area contributed by atoms with Crippen LogP contribution >= 0.6 is 11.3 Å². The van der Waals surface area contributed by atoms with Gasteiger partial charge in [-0.2, -0.15) is 0 Å². The summed E-state index contributed by atoms with van der Waals surface area (Å²) in [6, 6.07) is 7.81. The fourth-order valence-corrected chi connectivity index (χ4v) is 2.87. The Morgan fingerprint density at radius 1 is 1.13 bits per heavy atom. The van der Waals surface area contributed by atoms with E-state index in [4.69, 9.17) is 4.74 Å². The van der Waals surface area contributed by atoms with E-state index in [0.29, 0.717) is 6.61 Å². The molecule has 0 spiro atoms. The van der Waals surface area contributed by atoms with Gasteiger partial charge >= 0.3 is 0 Å². The van der Waals surface area contributed by atoms with E-state index in [0.717, 1.165) is 39.3 Å². The van der Waals surface area contributed by atoms with Crippen LogP contribution in [0.5, 0.6) is 5.75 Å². The zero-order chi connectivity index (χ0) is 16.2. The molecule has 3 rings (SSSR count). The van der Waals surface area contributed by atoms with Crippen LogP contribution in [0.3, 0.4) is 0 Å². The molecule has 0 saturated carbocycles. The Morgan fingerprint density at radius 3 is 2.74 bits per heavy atom. The molecule has 5 nitrogen and oxygen atoms in total. The minimum Gasteiger partial charge on any atom is -0.492 e. The van der Waals surface area contributed by atoms with Crippen molar-refractivity contribution >= 4 is 22.3 Å². The van der Waals surface area contributed by atoms with Crippen molar-refractivity contribution < 1.29 is 4.74 Å². The van der Waals surface area contributed by atoms with Gasteiger partial charge in [-0.15, -0.1) is 11.3 Å². The van der Waals surface area contributed by atoms with Crippen LogP contribution in [0.15, 0.2) is 35.8 Å². The van der Waals surface area contributed by atoms with Crippen molar-refractivity contribution in [2.45, 2.75) is 20.8 Å². The number of ether oxygens (including phenoxy) is 1. The third-order valence-electron chi connectivity index (χ3n) is 3.34. The lowest BCUT2D eigenvalue weighted by molar-refractivity contribution is 0.336. The summed E-state index contributed by atoms with van der Waals surface area (Å²) in [6.45, 7) is 6.56. The molecule has 23 heavy (non-hydrogen) atoms. The van der Waals surface area contributed by atoms with Gasteiger partial charge < -0.3 is 10.1 Å². The zero-order valence-corrected chi connectivity index (χ0v) is 14.1. The number of pyridine rings is 2. The highest BCUT2D eigenvalue weighted by Crippen LogP contribution is 2.28. The summed E-state index contributed by atoms with van der Waals surface area (Å²) in [6.07, 6.45) is 1.77. The molecule has 0 saturated heterocycles. The Morgan fingerprint density at radius 2 is 2.00 bits per heavy atom. The van der Waals surface area contributed by atoms with Crippen LogP contribution in [0.4, 0.5) is 10.9 Å². The second-order valence-corrected chi connectivity index (χ2v) is 5.90. The molecule has 0 unspecified atom stereocenters. The standard InChI is InChI=1S/C17H18N4OS/c1-4-22-15-8-7-13(19-12(15)3)14-10-23-17(20-14)21-16-11(2)6-5-9-18-16/h5-10H,4H2,1-3H3,(H,18,20,21). The lowest BCUT2D eigenvalue weighted by Crippen LogP contribution is -1.97. The number of rotatable bonds is 5. The van der Waals surface area contributed by atoms with E-state index in [-0.39, 0.29) is 0 Å².